The van der Waals surface area contributed by atoms with Crippen LogP contribution in [-0.4, -0.2) is 62.4 Å². The zero-order chi connectivity index (χ0) is 25.3. The van der Waals surface area contributed by atoms with Gasteiger partial charge in [0.15, 0.2) is 17.8 Å². The van der Waals surface area contributed by atoms with Crippen LogP contribution in [0.3, 0.4) is 0 Å². The molecule has 3 heterocycles. The van der Waals surface area contributed by atoms with Gasteiger partial charge in [-0.25, -0.2) is 24.4 Å². The van der Waals surface area contributed by atoms with E-state index in [2.05, 4.69) is 25.1 Å². The van der Waals surface area contributed by atoms with Crippen LogP contribution < -0.4 is 11.4 Å². The number of nitrogens with two attached hydrogens (primary N) is 1. The van der Waals surface area contributed by atoms with Gasteiger partial charge in [-0.1, -0.05) is 11.6 Å². The lowest BCUT2D eigenvalue weighted by Gasteiger charge is -2.15. The van der Waals surface area contributed by atoms with E-state index in [4.69, 9.17) is 17.3 Å². The summed E-state index contributed by atoms with van der Waals surface area (Å²) in [5.41, 5.74) is 4.64. The smallest absolute Gasteiger partial charge is 0.382 e. The van der Waals surface area contributed by atoms with Crippen LogP contribution in [0.15, 0.2) is 47.5 Å². The van der Waals surface area contributed by atoms with E-state index in [0.29, 0.717) is 9.59 Å². The van der Waals surface area contributed by atoms with E-state index < -0.39 is 37.0 Å². The van der Waals surface area contributed by atoms with E-state index in [1.54, 1.807) is 0 Å². The van der Waals surface area contributed by atoms with Gasteiger partial charge in [0, 0.05) is 23.0 Å². The fraction of sp³-hybridized carbons (Fsp3) is 0.211. The number of aliphatic hydroxyl groups is 1. The summed E-state index contributed by atoms with van der Waals surface area (Å²) in [5, 5.41) is 18.1. The van der Waals surface area contributed by atoms with Gasteiger partial charge in [-0.3, -0.25) is 9.36 Å². The molecule has 0 saturated carbocycles. The molecule has 0 aliphatic rings. The Morgan fingerprint density at radius 1 is 1.14 bits per heavy atom. The van der Waals surface area contributed by atoms with Crippen molar-refractivity contribution in [1.82, 2.24) is 39.1 Å². The predicted octanol–water partition coefficient (Wildman–Crippen LogP) is 0.806. The first-order valence-corrected chi connectivity index (χ1v) is 10.1. The van der Waals surface area contributed by atoms with Gasteiger partial charge in [0.05, 0.1) is 6.54 Å². The van der Waals surface area contributed by atoms with E-state index in [1.165, 1.54) is 42.7 Å². The van der Waals surface area contributed by atoms with Gasteiger partial charge < -0.3 is 10.8 Å². The number of primary amides is 1. The number of aromatic nitrogens is 8. The molecule has 1 amide bonds. The number of amides is 1. The zero-order valence-corrected chi connectivity index (χ0v) is 18.2. The van der Waals surface area contributed by atoms with E-state index in [0.717, 1.165) is 9.36 Å². The van der Waals surface area contributed by atoms with Gasteiger partial charge in [0.1, 0.15) is 6.54 Å². The number of alkyl halides is 3. The second kappa shape index (κ2) is 9.27. The van der Waals surface area contributed by atoms with Gasteiger partial charge in [0.25, 0.3) is 11.9 Å². The maximum absolute atomic E-state index is 13.0. The average molecular weight is 510 g/mol. The molecular weight excluding hydrogens is 495 g/mol. The Bertz CT molecular complexity index is 1420. The average Bonchev–Trinajstić information content (AvgIpc) is 3.37. The number of aliphatic hydroxyl groups excluding tert-OH is 1. The molecule has 182 valence electrons. The van der Waals surface area contributed by atoms with Gasteiger partial charge in [-0.2, -0.15) is 17.9 Å². The molecular formula is C19H15ClF3N9O3. The van der Waals surface area contributed by atoms with Crippen molar-refractivity contribution in [1.29, 1.82) is 0 Å². The van der Waals surface area contributed by atoms with Crippen molar-refractivity contribution in [2.45, 2.75) is 25.4 Å². The van der Waals surface area contributed by atoms with Crippen LogP contribution in [0, 0.1) is 0 Å². The highest BCUT2D eigenvalue weighted by atomic mass is 35.5. The summed E-state index contributed by atoms with van der Waals surface area (Å²) in [7, 11) is 0. The fourth-order valence-electron chi connectivity index (χ4n) is 3.05. The summed E-state index contributed by atoms with van der Waals surface area (Å²) in [6.45, 7) is -1.54. The molecule has 1 aromatic carbocycles. The van der Waals surface area contributed by atoms with Crippen molar-refractivity contribution >= 4 is 17.5 Å². The molecule has 4 rings (SSSR count). The molecule has 0 spiro atoms. The van der Waals surface area contributed by atoms with Gasteiger partial charge >= 0.3 is 11.9 Å². The summed E-state index contributed by atoms with van der Waals surface area (Å²) < 4.78 is 41.4. The van der Waals surface area contributed by atoms with Crippen LogP contribution in [0.1, 0.15) is 16.4 Å². The number of carbonyl (C=O) groups is 1. The predicted molar refractivity (Wildman–Crippen MR) is 114 cm³/mol. The van der Waals surface area contributed by atoms with Crippen LogP contribution in [0.5, 0.6) is 0 Å². The Kier molecular flexibility index (Phi) is 6.36. The zero-order valence-electron chi connectivity index (χ0n) is 17.5. The second-order valence-electron chi connectivity index (χ2n) is 7.12. The molecule has 4 aromatic rings. The molecule has 0 unspecified atom stereocenters. The maximum atomic E-state index is 13.0. The molecule has 0 bridgehead atoms. The minimum atomic E-state index is -4.97. The highest BCUT2D eigenvalue weighted by Crippen LogP contribution is 2.24. The number of halogens is 4. The molecule has 3 N–H and O–H groups in total. The lowest BCUT2D eigenvalue weighted by molar-refractivity contribution is -0.207. The highest BCUT2D eigenvalue weighted by molar-refractivity contribution is 6.30. The van der Waals surface area contributed by atoms with Crippen molar-refractivity contribution < 1.29 is 23.1 Å². The number of nitrogens with zero attached hydrogens (tertiary/aromatic N) is 8. The summed E-state index contributed by atoms with van der Waals surface area (Å²) in [4.78, 5) is 36.7. The van der Waals surface area contributed by atoms with Gasteiger partial charge in [0.2, 0.25) is 5.82 Å². The van der Waals surface area contributed by atoms with E-state index in [1.807, 2.05) is 0 Å². The third-order valence-electron chi connectivity index (χ3n) is 4.66. The minimum absolute atomic E-state index is 0.0203. The first-order valence-electron chi connectivity index (χ1n) is 9.76. The quantitative estimate of drug-likeness (QED) is 0.370. The van der Waals surface area contributed by atoms with Crippen LogP contribution >= 0.6 is 11.6 Å². The van der Waals surface area contributed by atoms with Crippen molar-refractivity contribution in [3.05, 3.63) is 69.9 Å². The molecule has 0 aliphatic carbocycles. The van der Waals surface area contributed by atoms with Crippen LogP contribution in [-0.2, 0) is 13.1 Å². The molecule has 3 aromatic heterocycles. The molecule has 12 nitrogen and oxygen atoms in total. The maximum Gasteiger partial charge on any atom is 0.416 e. The highest BCUT2D eigenvalue weighted by Gasteiger charge is 2.39. The fourth-order valence-corrected chi connectivity index (χ4v) is 3.18. The molecule has 16 heteroatoms. The Morgan fingerprint density at radius 2 is 1.80 bits per heavy atom. The standard InChI is InChI=1S/C19H15ClF3N9O3/c20-11-4-2-10(3-5-11)15-29-31(18(35)30(15)8-12(33)19(21,22)23)9-13-27-16(14(24)34)32(28-13)17-25-6-1-7-26-17/h1-7,12,33H,8-9H2,(H2,24,34)/t12-/m0/s1. The summed E-state index contributed by atoms with van der Waals surface area (Å²) in [5.74, 6) is -1.57. The number of rotatable bonds is 7. The van der Waals surface area contributed by atoms with E-state index >= 15 is 0 Å². The first kappa shape index (κ1) is 24.0. The topological polar surface area (TPSA) is 160 Å². The van der Waals surface area contributed by atoms with Crippen molar-refractivity contribution in [2.24, 2.45) is 5.73 Å². The molecule has 0 radical (unpaired) electrons. The number of hydrogen-bond donors (Lipinski definition) is 2. The first-order chi connectivity index (χ1) is 16.5. The third kappa shape index (κ3) is 5.04. The van der Waals surface area contributed by atoms with E-state index in [-0.39, 0.29) is 29.0 Å². The minimum Gasteiger partial charge on any atom is -0.382 e. The molecule has 1 atom stereocenters. The summed E-state index contributed by atoms with van der Waals surface area (Å²) in [6.07, 6.45) is -5.00. The Labute approximate surface area is 198 Å². The molecule has 0 fully saturated rings. The van der Waals surface area contributed by atoms with Crippen LogP contribution in [0.4, 0.5) is 13.2 Å². The van der Waals surface area contributed by atoms with Gasteiger partial charge in [-0.15, -0.1) is 10.2 Å². The molecule has 0 aliphatic heterocycles. The monoisotopic (exact) mass is 509 g/mol. The Balaban J connectivity index is 1.77. The SMILES string of the molecule is NC(=O)c1nc(Cn2nc(-c3ccc(Cl)cc3)n(C[C@H](O)C(F)(F)F)c2=O)nn1-c1ncccn1. The second-order valence-corrected chi connectivity index (χ2v) is 7.55. The third-order valence-corrected chi connectivity index (χ3v) is 4.91. The van der Waals surface area contributed by atoms with Gasteiger partial charge in [-0.05, 0) is 30.3 Å². The number of carbonyl (C=O) groups excluding carboxylic acids is 1. The van der Waals surface area contributed by atoms with Crippen LogP contribution in [0.25, 0.3) is 17.3 Å². The van der Waals surface area contributed by atoms with Crippen molar-refractivity contribution in [2.75, 3.05) is 0 Å². The Morgan fingerprint density at radius 3 is 2.40 bits per heavy atom. The van der Waals surface area contributed by atoms with Crippen molar-refractivity contribution in [3.8, 4) is 17.3 Å². The molecule has 0 saturated heterocycles. The number of hydrogen-bond acceptors (Lipinski definition) is 8. The van der Waals surface area contributed by atoms with Crippen LogP contribution in [0.2, 0.25) is 5.02 Å². The summed E-state index contributed by atoms with van der Waals surface area (Å²) in [6, 6.07) is 7.37. The lowest BCUT2D eigenvalue weighted by atomic mass is 10.2. The summed E-state index contributed by atoms with van der Waals surface area (Å²) >= 11 is 5.87. The molecule has 35 heavy (non-hydrogen) atoms. The normalized spacial score (nSPS) is 12.6. The number of benzene rings is 1. The Hall–Kier alpha value is -4.11. The van der Waals surface area contributed by atoms with Crippen molar-refractivity contribution in [3.63, 3.8) is 0 Å². The largest absolute Gasteiger partial charge is 0.416 e. The lowest BCUT2D eigenvalue weighted by Crippen LogP contribution is -2.37. The van der Waals surface area contributed by atoms with E-state index in [9.17, 15) is 27.9 Å².